The molecule has 0 amide bonds. The number of benzene rings is 1. The van der Waals surface area contributed by atoms with E-state index >= 15 is 0 Å². The first-order valence-electron chi connectivity index (χ1n) is 5.18. The van der Waals surface area contributed by atoms with Crippen LogP contribution in [-0.4, -0.2) is 11.5 Å². The highest BCUT2D eigenvalue weighted by Crippen LogP contribution is 2.29. The first-order valence-corrected chi connectivity index (χ1v) is 5.18. The minimum atomic E-state index is -0.399. The lowest BCUT2D eigenvalue weighted by atomic mass is 10.3. The van der Waals surface area contributed by atoms with Gasteiger partial charge in [0.25, 0.3) is 0 Å². The summed E-state index contributed by atoms with van der Waals surface area (Å²) in [7, 11) is 0. The molecular formula is C11H12N2O2. The molecule has 0 spiro atoms. The van der Waals surface area contributed by atoms with Crippen LogP contribution in [0.2, 0.25) is 0 Å². The van der Waals surface area contributed by atoms with Crippen molar-refractivity contribution >= 4 is 16.8 Å². The summed E-state index contributed by atoms with van der Waals surface area (Å²) in [5, 5.41) is 3.34. The van der Waals surface area contributed by atoms with Gasteiger partial charge in [-0.1, -0.05) is 0 Å². The number of rotatable bonds is 3. The SMILES string of the molecule is O=c1[nH]c2cc(NCC3CC3)ccc2o1. The molecule has 4 heteroatoms. The van der Waals surface area contributed by atoms with E-state index in [0.717, 1.165) is 23.7 Å². The number of anilines is 1. The second-order valence-electron chi connectivity index (χ2n) is 4.05. The van der Waals surface area contributed by atoms with Gasteiger partial charge in [0.15, 0.2) is 5.58 Å². The quantitative estimate of drug-likeness (QED) is 0.803. The smallest absolute Gasteiger partial charge is 0.408 e. The van der Waals surface area contributed by atoms with Crippen LogP contribution < -0.4 is 11.1 Å². The Labute approximate surface area is 86.3 Å². The number of oxazole rings is 1. The van der Waals surface area contributed by atoms with Crippen LogP contribution >= 0.6 is 0 Å². The highest BCUT2D eigenvalue weighted by atomic mass is 16.4. The summed E-state index contributed by atoms with van der Waals surface area (Å²) in [5.41, 5.74) is 2.39. The Morgan fingerprint density at radius 2 is 2.33 bits per heavy atom. The zero-order chi connectivity index (χ0) is 10.3. The Morgan fingerprint density at radius 3 is 3.13 bits per heavy atom. The van der Waals surface area contributed by atoms with Crippen molar-refractivity contribution in [2.24, 2.45) is 5.92 Å². The Morgan fingerprint density at radius 1 is 1.47 bits per heavy atom. The third-order valence-electron chi connectivity index (χ3n) is 2.71. The first-order chi connectivity index (χ1) is 7.31. The van der Waals surface area contributed by atoms with Crippen LogP contribution in [0.5, 0.6) is 0 Å². The largest absolute Gasteiger partial charge is 0.417 e. The molecule has 1 saturated carbocycles. The van der Waals surface area contributed by atoms with Gasteiger partial charge in [0.05, 0.1) is 5.52 Å². The van der Waals surface area contributed by atoms with Crippen LogP contribution in [0.25, 0.3) is 11.1 Å². The predicted molar refractivity (Wildman–Crippen MR) is 58.0 cm³/mol. The highest BCUT2D eigenvalue weighted by molar-refractivity contribution is 5.76. The molecule has 1 heterocycles. The van der Waals surface area contributed by atoms with E-state index in [1.54, 1.807) is 0 Å². The minimum absolute atomic E-state index is 0.399. The van der Waals surface area contributed by atoms with Crippen molar-refractivity contribution in [2.45, 2.75) is 12.8 Å². The van der Waals surface area contributed by atoms with Crippen LogP contribution in [0.3, 0.4) is 0 Å². The molecule has 0 radical (unpaired) electrons. The molecule has 0 atom stereocenters. The van der Waals surface area contributed by atoms with Gasteiger partial charge in [0.1, 0.15) is 0 Å². The maximum absolute atomic E-state index is 10.9. The van der Waals surface area contributed by atoms with E-state index in [9.17, 15) is 4.79 Å². The fourth-order valence-electron chi connectivity index (χ4n) is 1.65. The Kier molecular flexibility index (Phi) is 1.80. The predicted octanol–water partition coefficient (Wildman–Crippen LogP) is 1.94. The lowest BCUT2D eigenvalue weighted by Gasteiger charge is -2.03. The molecule has 15 heavy (non-hydrogen) atoms. The molecule has 3 rings (SSSR count). The van der Waals surface area contributed by atoms with E-state index in [0.29, 0.717) is 5.58 Å². The summed E-state index contributed by atoms with van der Waals surface area (Å²) in [5.74, 6) is 0.438. The van der Waals surface area contributed by atoms with Crippen molar-refractivity contribution in [1.82, 2.24) is 4.98 Å². The number of H-pyrrole nitrogens is 1. The standard InChI is InChI=1S/C11H12N2O2/c14-11-13-9-5-8(3-4-10(9)15-11)12-6-7-1-2-7/h3-5,7,12H,1-2,6H2,(H,13,14). The zero-order valence-corrected chi connectivity index (χ0v) is 8.25. The van der Waals surface area contributed by atoms with Crippen molar-refractivity contribution in [1.29, 1.82) is 0 Å². The molecule has 1 aromatic carbocycles. The molecule has 78 valence electrons. The van der Waals surface area contributed by atoms with Crippen LogP contribution in [0.4, 0.5) is 5.69 Å². The van der Waals surface area contributed by atoms with Gasteiger partial charge in [-0.2, -0.15) is 0 Å². The molecule has 1 fully saturated rings. The average Bonchev–Trinajstić information content (AvgIpc) is 2.96. The van der Waals surface area contributed by atoms with Gasteiger partial charge in [0, 0.05) is 12.2 Å². The molecule has 0 saturated heterocycles. The van der Waals surface area contributed by atoms with Gasteiger partial charge in [0.2, 0.25) is 0 Å². The van der Waals surface area contributed by atoms with Crippen molar-refractivity contribution in [3.63, 3.8) is 0 Å². The fourth-order valence-corrected chi connectivity index (χ4v) is 1.65. The molecule has 2 aromatic rings. The summed E-state index contributed by atoms with van der Waals surface area (Å²) in [4.78, 5) is 13.6. The van der Waals surface area contributed by atoms with Crippen LogP contribution in [0.1, 0.15) is 12.8 Å². The van der Waals surface area contributed by atoms with Gasteiger partial charge < -0.3 is 9.73 Å². The molecule has 1 aromatic heterocycles. The molecule has 2 N–H and O–H groups in total. The normalized spacial score (nSPS) is 15.7. The summed E-state index contributed by atoms with van der Waals surface area (Å²) in [6.45, 7) is 1.02. The lowest BCUT2D eigenvalue weighted by molar-refractivity contribution is 0.555. The van der Waals surface area contributed by atoms with Gasteiger partial charge in [-0.15, -0.1) is 0 Å². The van der Waals surface area contributed by atoms with Crippen molar-refractivity contribution in [3.8, 4) is 0 Å². The molecule has 4 nitrogen and oxygen atoms in total. The van der Waals surface area contributed by atoms with Crippen LogP contribution in [0.15, 0.2) is 27.4 Å². The zero-order valence-electron chi connectivity index (χ0n) is 8.25. The van der Waals surface area contributed by atoms with Gasteiger partial charge >= 0.3 is 5.76 Å². The highest BCUT2D eigenvalue weighted by Gasteiger charge is 2.20. The van der Waals surface area contributed by atoms with E-state index in [1.165, 1.54) is 12.8 Å². The van der Waals surface area contributed by atoms with Crippen molar-refractivity contribution in [3.05, 3.63) is 28.7 Å². The minimum Gasteiger partial charge on any atom is -0.408 e. The molecule has 0 aliphatic heterocycles. The summed E-state index contributed by atoms with van der Waals surface area (Å²) in [6.07, 6.45) is 2.66. The van der Waals surface area contributed by atoms with Gasteiger partial charge in [-0.3, -0.25) is 4.98 Å². The topological polar surface area (TPSA) is 58.0 Å². The molecule has 1 aliphatic carbocycles. The number of nitrogens with one attached hydrogen (secondary N) is 2. The second-order valence-corrected chi connectivity index (χ2v) is 4.05. The van der Waals surface area contributed by atoms with E-state index < -0.39 is 5.76 Å². The van der Waals surface area contributed by atoms with Gasteiger partial charge in [-0.05, 0) is 37.0 Å². The number of hydrogen-bond donors (Lipinski definition) is 2. The van der Waals surface area contributed by atoms with Crippen molar-refractivity contribution in [2.75, 3.05) is 11.9 Å². The maximum atomic E-state index is 10.9. The summed E-state index contributed by atoms with van der Waals surface area (Å²) >= 11 is 0. The number of fused-ring (bicyclic) bond motifs is 1. The number of aromatic nitrogens is 1. The van der Waals surface area contributed by atoms with E-state index in [-0.39, 0.29) is 0 Å². The average molecular weight is 204 g/mol. The molecule has 0 unspecified atom stereocenters. The number of aromatic amines is 1. The monoisotopic (exact) mass is 204 g/mol. The second kappa shape index (κ2) is 3.15. The third kappa shape index (κ3) is 1.75. The fraction of sp³-hybridized carbons (Fsp3) is 0.364. The first kappa shape index (κ1) is 8.59. The maximum Gasteiger partial charge on any atom is 0.417 e. The molecule has 1 aliphatic rings. The Bertz CT molecular complexity index is 537. The number of hydrogen-bond acceptors (Lipinski definition) is 3. The lowest BCUT2D eigenvalue weighted by Crippen LogP contribution is -2.02. The van der Waals surface area contributed by atoms with Crippen LogP contribution in [-0.2, 0) is 0 Å². The summed E-state index contributed by atoms with van der Waals surface area (Å²) < 4.78 is 4.92. The Hall–Kier alpha value is -1.71. The van der Waals surface area contributed by atoms with Gasteiger partial charge in [-0.25, -0.2) is 4.79 Å². The summed E-state index contributed by atoms with van der Waals surface area (Å²) in [6, 6.07) is 5.65. The molecule has 0 bridgehead atoms. The van der Waals surface area contributed by atoms with E-state index in [4.69, 9.17) is 4.42 Å². The van der Waals surface area contributed by atoms with Crippen molar-refractivity contribution < 1.29 is 4.42 Å². The molecular weight excluding hydrogens is 192 g/mol. The van der Waals surface area contributed by atoms with E-state index in [1.807, 2.05) is 18.2 Å². The Balaban J connectivity index is 1.87. The van der Waals surface area contributed by atoms with Crippen LogP contribution in [0, 0.1) is 5.92 Å². The van der Waals surface area contributed by atoms with E-state index in [2.05, 4.69) is 10.3 Å². The third-order valence-corrected chi connectivity index (χ3v) is 2.71.